The molecule has 0 aliphatic heterocycles. The second-order valence-electron chi connectivity index (χ2n) is 6.02. The van der Waals surface area contributed by atoms with Crippen molar-refractivity contribution < 1.29 is 4.92 Å². The van der Waals surface area contributed by atoms with E-state index in [1.54, 1.807) is 11.5 Å². The van der Waals surface area contributed by atoms with Crippen LogP contribution in [0.4, 0.5) is 11.5 Å². The summed E-state index contributed by atoms with van der Waals surface area (Å²) in [5.74, 6) is 0.636. The van der Waals surface area contributed by atoms with E-state index in [-0.39, 0.29) is 5.82 Å². The lowest BCUT2D eigenvalue weighted by Gasteiger charge is -2.13. The molecule has 4 aromatic rings. The van der Waals surface area contributed by atoms with Crippen molar-refractivity contribution in [1.82, 2.24) is 14.5 Å². The average molecular weight is 347 g/mol. The van der Waals surface area contributed by atoms with Crippen LogP contribution < -0.4 is 5.32 Å². The van der Waals surface area contributed by atoms with E-state index in [1.165, 1.54) is 6.20 Å². The summed E-state index contributed by atoms with van der Waals surface area (Å²) in [7, 11) is 0. The normalized spacial score (nSPS) is 11.1. The molecule has 0 saturated heterocycles. The number of hydrogen-bond acceptors (Lipinski definition) is 5. The number of hydrogen-bond donors (Lipinski definition) is 1. The van der Waals surface area contributed by atoms with Crippen LogP contribution in [0.2, 0.25) is 0 Å². The van der Waals surface area contributed by atoms with Gasteiger partial charge in [0.1, 0.15) is 12.7 Å². The van der Waals surface area contributed by atoms with Crippen molar-refractivity contribution in [3.63, 3.8) is 0 Å². The second-order valence-corrected chi connectivity index (χ2v) is 6.02. The third kappa shape index (κ3) is 2.73. The van der Waals surface area contributed by atoms with Gasteiger partial charge in [0, 0.05) is 17.7 Å². The SMILES string of the molecule is Cc1ncc([N+](=O)[O-])n1CCNc1c2ccccc2nc2ccccc12. The third-order valence-electron chi connectivity index (χ3n) is 4.45. The fourth-order valence-electron chi connectivity index (χ4n) is 3.20. The van der Waals surface area contributed by atoms with E-state index in [0.29, 0.717) is 18.9 Å². The van der Waals surface area contributed by atoms with E-state index in [2.05, 4.69) is 10.3 Å². The fraction of sp³-hybridized carbons (Fsp3) is 0.158. The largest absolute Gasteiger partial charge is 0.380 e. The standard InChI is InChI=1S/C19H17N5O2/c1-13-21-12-18(24(25)26)23(13)11-10-20-19-14-6-2-4-8-16(14)22-17-9-5-3-7-15(17)19/h2-9,12H,10-11H2,1H3,(H,20,22). The molecule has 2 aromatic heterocycles. The molecule has 26 heavy (non-hydrogen) atoms. The highest BCUT2D eigenvalue weighted by atomic mass is 16.6. The number of aryl methyl sites for hydroxylation is 1. The van der Waals surface area contributed by atoms with Gasteiger partial charge in [-0.1, -0.05) is 36.4 Å². The van der Waals surface area contributed by atoms with Gasteiger partial charge >= 0.3 is 5.82 Å². The summed E-state index contributed by atoms with van der Waals surface area (Å²) in [4.78, 5) is 19.5. The van der Waals surface area contributed by atoms with Crippen molar-refractivity contribution in [2.45, 2.75) is 13.5 Å². The molecule has 0 aliphatic carbocycles. The molecule has 0 saturated carbocycles. The molecule has 0 spiro atoms. The molecule has 0 aliphatic rings. The van der Waals surface area contributed by atoms with Gasteiger partial charge < -0.3 is 15.4 Å². The Morgan fingerprint density at radius 3 is 2.31 bits per heavy atom. The number of pyridine rings is 1. The molecule has 1 N–H and O–H groups in total. The van der Waals surface area contributed by atoms with Gasteiger partial charge in [0.2, 0.25) is 0 Å². The molecule has 130 valence electrons. The Labute approximate surface area is 149 Å². The number of nitro groups is 1. The lowest BCUT2D eigenvalue weighted by molar-refractivity contribution is -0.392. The summed E-state index contributed by atoms with van der Waals surface area (Å²) >= 11 is 0. The fourth-order valence-corrected chi connectivity index (χ4v) is 3.20. The second kappa shape index (κ2) is 6.44. The number of nitrogens with one attached hydrogen (secondary N) is 1. The van der Waals surface area contributed by atoms with Gasteiger partial charge in [-0.25, -0.2) is 14.5 Å². The predicted molar refractivity (Wildman–Crippen MR) is 101 cm³/mol. The topological polar surface area (TPSA) is 85.9 Å². The Bertz CT molecular complexity index is 1070. The first-order chi connectivity index (χ1) is 12.6. The van der Waals surface area contributed by atoms with Gasteiger partial charge in [-0.2, -0.15) is 0 Å². The van der Waals surface area contributed by atoms with Gasteiger partial charge in [0.05, 0.1) is 23.3 Å². The van der Waals surface area contributed by atoms with Crippen LogP contribution in [0.5, 0.6) is 0 Å². The Morgan fingerprint density at radius 2 is 1.69 bits per heavy atom. The van der Waals surface area contributed by atoms with Gasteiger partial charge in [-0.15, -0.1) is 0 Å². The van der Waals surface area contributed by atoms with E-state index in [1.807, 2.05) is 48.5 Å². The minimum absolute atomic E-state index is 0.00810. The maximum absolute atomic E-state index is 11.1. The summed E-state index contributed by atoms with van der Waals surface area (Å²) in [5, 5.41) is 16.6. The Hall–Kier alpha value is -3.48. The highest BCUT2D eigenvalue weighted by Gasteiger charge is 2.17. The molecule has 0 unspecified atom stereocenters. The number of nitrogens with zero attached hydrogens (tertiary/aromatic N) is 4. The van der Waals surface area contributed by atoms with Crippen LogP contribution >= 0.6 is 0 Å². The number of benzene rings is 2. The van der Waals surface area contributed by atoms with Crippen LogP contribution in [0.25, 0.3) is 21.8 Å². The van der Waals surface area contributed by atoms with Crippen molar-refractivity contribution in [1.29, 1.82) is 0 Å². The van der Waals surface area contributed by atoms with E-state index in [0.717, 1.165) is 27.5 Å². The monoisotopic (exact) mass is 347 g/mol. The van der Waals surface area contributed by atoms with Crippen LogP contribution in [0.3, 0.4) is 0 Å². The molecule has 0 radical (unpaired) electrons. The first-order valence-corrected chi connectivity index (χ1v) is 8.33. The molecule has 7 heteroatoms. The maximum Gasteiger partial charge on any atom is 0.342 e. The highest BCUT2D eigenvalue weighted by molar-refractivity contribution is 6.07. The van der Waals surface area contributed by atoms with E-state index in [9.17, 15) is 10.1 Å². The number of aromatic nitrogens is 3. The summed E-state index contributed by atoms with van der Waals surface area (Å²) < 4.78 is 1.61. The summed E-state index contributed by atoms with van der Waals surface area (Å²) in [6.07, 6.45) is 1.30. The number of fused-ring (bicyclic) bond motifs is 2. The molecule has 0 amide bonds. The first-order valence-electron chi connectivity index (χ1n) is 8.33. The van der Waals surface area contributed by atoms with Crippen LogP contribution in [0, 0.1) is 17.0 Å². The zero-order valence-corrected chi connectivity index (χ0v) is 14.2. The van der Waals surface area contributed by atoms with Gasteiger partial charge in [0.25, 0.3) is 0 Å². The molecule has 0 atom stereocenters. The zero-order chi connectivity index (χ0) is 18.1. The van der Waals surface area contributed by atoms with Crippen molar-refractivity contribution >= 4 is 33.3 Å². The van der Waals surface area contributed by atoms with Crippen LogP contribution in [0.1, 0.15) is 5.82 Å². The summed E-state index contributed by atoms with van der Waals surface area (Å²) in [6.45, 7) is 2.76. The van der Waals surface area contributed by atoms with Crippen molar-refractivity contribution in [3.05, 3.63) is 70.7 Å². The minimum atomic E-state index is -0.406. The van der Waals surface area contributed by atoms with Crippen molar-refractivity contribution in [3.8, 4) is 0 Å². The predicted octanol–water partition coefficient (Wildman–Crippen LogP) is 3.91. The highest BCUT2D eigenvalue weighted by Crippen LogP contribution is 2.30. The molecule has 2 aromatic carbocycles. The zero-order valence-electron chi connectivity index (χ0n) is 14.2. The van der Waals surface area contributed by atoms with E-state index < -0.39 is 4.92 Å². The Balaban J connectivity index is 1.69. The Kier molecular flexibility index (Phi) is 3.96. The molecule has 0 fully saturated rings. The van der Waals surface area contributed by atoms with E-state index >= 15 is 0 Å². The lowest BCUT2D eigenvalue weighted by Crippen LogP contribution is -2.14. The lowest BCUT2D eigenvalue weighted by atomic mass is 10.1. The summed E-state index contributed by atoms with van der Waals surface area (Å²) in [5.41, 5.74) is 2.82. The smallest absolute Gasteiger partial charge is 0.342 e. The molecule has 7 nitrogen and oxygen atoms in total. The van der Waals surface area contributed by atoms with Crippen LogP contribution in [-0.2, 0) is 6.54 Å². The van der Waals surface area contributed by atoms with Crippen LogP contribution in [-0.4, -0.2) is 26.0 Å². The van der Waals surface area contributed by atoms with E-state index in [4.69, 9.17) is 4.98 Å². The molecule has 2 heterocycles. The summed E-state index contributed by atoms with van der Waals surface area (Å²) in [6, 6.07) is 15.9. The molecule has 4 rings (SSSR count). The number of anilines is 1. The number of rotatable bonds is 5. The van der Waals surface area contributed by atoms with Crippen molar-refractivity contribution in [2.75, 3.05) is 11.9 Å². The average Bonchev–Trinajstić information content (AvgIpc) is 3.02. The van der Waals surface area contributed by atoms with Crippen molar-refractivity contribution in [2.24, 2.45) is 0 Å². The molecular formula is C19H17N5O2. The number of imidazole rings is 1. The maximum atomic E-state index is 11.1. The van der Waals surface area contributed by atoms with Gasteiger partial charge in [-0.3, -0.25) is 0 Å². The number of para-hydroxylation sites is 2. The third-order valence-corrected chi connectivity index (χ3v) is 4.45. The van der Waals surface area contributed by atoms with Gasteiger partial charge in [-0.05, 0) is 17.1 Å². The van der Waals surface area contributed by atoms with Crippen LogP contribution in [0.15, 0.2) is 54.7 Å². The molecular weight excluding hydrogens is 330 g/mol. The minimum Gasteiger partial charge on any atom is -0.380 e. The molecule has 0 bridgehead atoms. The quantitative estimate of drug-likeness (QED) is 0.336. The first kappa shape index (κ1) is 16.0. The Morgan fingerprint density at radius 1 is 1.08 bits per heavy atom. The van der Waals surface area contributed by atoms with Gasteiger partial charge in [0.15, 0.2) is 5.82 Å².